The Morgan fingerprint density at radius 2 is 1.94 bits per heavy atom. The van der Waals surface area contributed by atoms with Gasteiger partial charge in [-0.1, -0.05) is 5.10 Å². The first-order valence-electron chi connectivity index (χ1n) is 5.20. The van der Waals surface area contributed by atoms with Crippen molar-refractivity contribution in [1.29, 1.82) is 0 Å². The first kappa shape index (κ1) is 12.5. The van der Waals surface area contributed by atoms with E-state index in [0.717, 1.165) is 0 Å². The highest BCUT2D eigenvalue weighted by Crippen LogP contribution is 2.35. The van der Waals surface area contributed by atoms with Crippen molar-refractivity contribution in [3.05, 3.63) is 5.89 Å². The average Bonchev–Trinajstić information content (AvgIpc) is 2.76. The molecule has 4 nitrogen and oxygen atoms in total. The summed E-state index contributed by atoms with van der Waals surface area (Å²) in [4.78, 5) is 1.66. The van der Waals surface area contributed by atoms with Crippen LogP contribution in [0.5, 0.6) is 0 Å². The molecule has 0 saturated carbocycles. The van der Waals surface area contributed by atoms with E-state index in [1.807, 2.05) is 0 Å². The quantitative estimate of drug-likeness (QED) is 0.774. The maximum Gasteiger partial charge on any atom is 0.391 e. The van der Waals surface area contributed by atoms with Gasteiger partial charge < -0.3 is 9.32 Å². The largest absolute Gasteiger partial charge is 0.407 e. The highest BCUT2D eigenvalue weighted by molar-refractivity contribution is 6.16. The Morgan fingerprint density at radius 3 is 2.41 bits per heavy atom. The van der Waals surface area contributed by atoms with Gasteiger partial charge in [0.1, 0.15) is 5.88 Å². The number of piperidine rings is 1. The van der Waals surface area contributed by atoms with Crippen molar-refractivity contribution in [1.82, 2.24) is 10.2 Å². The van der Waals surface area contributed by atoms with E-state index in [1.54, 1.807) is 4.90 Å². The lowest BCUT2D eigenvalue weighted by Gasteiger charge is -2.31. The second-order valence-electron chi connectivity index (χ2n) is 3.91. The maximum atomic E-state index is 12.4. The molecule has 8 heteroatoms. The predicted molar refractivity (Wildman–Crippen MR) is 54.8 cm³/mol. The minimum atomic E-state index is -4.11. The Morgan fingerprint density at radius 1 is 1.29 bits per heavy atom. The molecule has 0 N–H and O–H groups in total. The van der Waals surface area contributed by atoms with E-state index in [1.165, 1.54) is 0 Å². The molecule has 17 heavy (non-hydrogen) atoms. The molecule has 1 aromatic heterocycles. The maximum absolute atomic E-state index is 12.4. The highest BCUT2D eigenvalue weighted by Gasteiger charge is 2.41. The van der Waals surface area contributed by atoms with Crippen molar-refractivity contribution >= 4 is 17.6 Å². The summed E-state index contributed by atoms with van der Waals surface area (Å²) in [7, 11) is 0. The Balaban J connectivity index is 1.95. The third kappa shape index (κ3) is 2.83. The second kappa shape index (κ2) is 4.72. The number of hydrogen-bond donors (Lipinski definition) is 0. The molecule has 0 unspecified atom stereocenters. The Kier molecular flexibility index (Phi) is 3.46. The zero-order valence-corrected chi connectivity index (χ0v) is 9.63. The molecule has 0 aromatic carbocycles. The fourth-order valence-electron chi connectivity index (χ4n) is 1.82. The van der Waals surface area contributed by atoms with Gasteiger partial charge >= 0.3 is 12.2 Å². The number of hydrogen-bond acceptors (Lipinski definition) is 4. The van der Waals surface area contributed by atoms with Crippen LogP contribution in [0.15, 0.2) is 4.42 Å². The Labute approximate surface area is 101 Å². The van der Waals surface area contributed by atoms with Gasteiger partial charge in [0, 0.05) is 13.1 Å². The highest BCUT2D eigenvalue weighted by atomic mass is 35.5. The molecule has 0 radical (unpaired) electrons. The van der Waals surface area contributed by atoms with Crippen molar-refractivity contribution in [2.75, 3.05) is 18.0 Å². The summed E-state index contributed by atoms with van der Waals surface area (Å²) in [6.45, 7) is 0.544. The third-order valence-corrected chi connectivity index (χ3v) is 3.03. The van der Waals surface area contributed by atoms with Crippen LogP contribution in [0.3, 0.4) is 0 Å². The van der Waals surface area contributed by atoms with Crippen LogP contribution in [0.1, 0.15) is 18.7 Å². The van der Waals surface area contributed by atoms with Crippen molar-refractivity contribution in [3.63, 3.8) is 0 Å². The molecule has 0 bridgehead atoms. The van der Waals surface area contributed by atoms with Gasteiger partial charge in [0.05, 0.1) is 5.92 Å². The monoisotopic (exact) mass is 269 g/mol. The molecule has 0 atom stereocenters. The number of aromatic nitrogens is 2. The van der Waals surface area contributed by atoms with Crippen LogP contribution in [-0.2, 0) is 5.88 Å². The molecule has 1 fully saturated rings. The second-order valence-corrected chi connectivity index (χ2v) is 4.18. The summed E-state index contributed by atoms with van der Waals surface area (Å²) in [5.41, 5.74) is 0. The van der Waals surface area contributed by atoms with Crippen molar-refractivity contribution in [2.24, 2.45) is 5.92 Å². The first-order valence-corrected chi connectivity index (χ1v) is 5.74. The molecule has 0 amide bonds. The minimum Gasteiger partial charge on any atom is -0.407 e. The van der Waals surface area contributed by atoms with E-state index in [2.05, 4.69) is 10.2 Å². The summed E-state index contributed by atoms with van der Waals surface area (Å²) in [6, 6.07) is 0.251. The van der Waals surface area contributed by atoms with Gasteiger partial charge in [0.25, 0.3) is 0 Å². The molecule has 2 rings (SSSR count). The topological polar surface area (TPSA) is 42.2 Å². The van der Waals surface area contributed by atoms with E-state index >= 15 is 0 Å². The summed E-state index contributed by atoms with van der Waals surface area (Å²) < 4.78 is 42.5. The lowest BCUT2D eigenvalue weighted by Crippen LogP contribution is -2.39. The minimum absolute atomic E-state index is 0.0576. The van der Waals surface area contributed by atoms with E-state index in [-0.39, 0.29) is 43.7 Å². The number of nitrogens with zero attached hydrogens (tertiary/aromatic N) is 3. The number of rotatable bonds is 2. The summed E-state index contributed by atoms with van der Waals surface area (Å²) in [5, 5.41) is 7.41. The van der Waals surface area contributed by atoms with Gasteiger partial charge in [0.2, 0.25) is 5.89 Å². The zero-order chi connectivity index (χ0) is 12.5. The smallest absolute Gasteiger partial charge is 0.391 e. The molecule has 0 aliphatic carbocycles. The average molecular weight is 270 g/mol. The molecule has 2 heterocycles. The van der Waals surface area contributed by atoms with E-state index in [0.29, 0.717) is 0 Å². The van der Waals surface area contributed by atoms with Gasteiger partial charge in [-0.25, -0.2) is 0 Å². The van der Waals surface area contributed by atoms with E-state index in [4.69, 9.17) is 16.0 Å². The standard InChI is InChI=1S/C9H11ClF3N3O/c10-5-7-14-15-8(17-7)16-3-1-6(2-4-16)9(11,12)13/h6H,1-5H2. The van der Waals surface area contributed by atoms with Crippen LogP contribution >= 0.6 is 11.6 Å². The van der Waals surface area contributed by atoms with Gasteiger partial charge in [-0.3, -0.25) is 0 Å². The number of alkyl halides is 4. The SMILES string of the molecule is FC(F)(F)C1CCN(c2nnc(CCl)o2)CC1. The predicted octanol–water partition coefficient (Wildman–Crippen LogP) is 2.59. The van der Waals surface area contributed by atoms with E-state index < -0.39 is 12.1 Å². The number of anilines is 1. The fraction of sp³-hybridized carbons (Fsp3) is 0.778. The molecule has 1 aliphatic rings. The van der Waals surface area contributed by atoms with Crippen molar-refractivity contribution in [3.8, 4) is 0 Å². The third-order valence-electron chi connectivity index (χ3n) is 2.80. The van der Waals surface area contributed by atoms with Gasteiger partial charge in [-0.2, -0.15) is 13.2 Å². The molecule has 1 saturated heterocycles. The lowest BCUT2D eigenvalue weighted by molar-refractivity contribution is -0.179. The van der Waals surface area contributed by atoms with Gasteiger partial charge in [0.15, 0.2) is 0 Å². The summed E-state index contributed by atoms with van der Waals surface area (Å²) >= 11 is 5.50. The Hall–Kier alpha value is -0.980. The normalized spacial score (nSPS) is 18.7. The molecule has 96 valence electrons. The van der Waals surface area contributed by atoms with Crippen LogP contribution in [0.2, 0.25) is 0 Å². The van der Waals surface area contributed by atoms with Crippen molar-refractivity contribution < 1.29 is 17.6 Å². The van der Waals surface area contributed by atoms with Crippen LogP contribution in [-0.4, -0.2) is 29.5 Å². The molecular formula is C9H11ClF3N3O. The van der Waals surface area contributed by atoms with Gasteiger partial charge in [-0.05, 0) is 12.8 Å². The Bertz CT molecular complexity index is 374. The van der Waals surface area contributed by atoms with Crippen LogP contribution in [0.4, 0.5) is 19.2 Å². The summed E-state index contributed by atoms with van der Waals surface area (Å²) in [5.74, 6) is -0.847. The molecule has 1 aromatic rings. The lowest BCUT2D eigenvalue weighted by atomic mass is 9.97. The zero-order valence-electron chi connectivity index (χ0n) is 8.87. The van der Waals surface area contributed by atoms with Crippen LogP contribution < -0.4 is 4.90 Å². The molecular weight excluding hydrogens is 259 g/mol. The fourth-order valence-corrected chi connectivity index (χ4v) is 1.93. The van der Waals surface area contributed by atoms with Crippen LogP contribution in [0.25, 0.3) is 0 Å². The molecule has 1 aliphatic heterocycles. The number of halogens is 4. The van der Waals surface area contributed by atoms with Crippen molar-refractivity contribution in [2.45, 2.75) is 24.9 Å². The van der Waals surface area contributed by atoms with Gasteiger partial charge in [-0.15, -0.1) is 16.7 Å². The first-order chi connectivity index (χ1) is 8.00. The van der Waals surface area contributed by atoms with Crippen LogP contribution in [0, 0.1) is 5.92 Å². The van der Waals surface area contributed by atoms with E-state index in [9.17, 15) is 13.2 Å². The summed E-state index contributed by atoms with van der Waals surface area (Å²) in [6.07, 6.45) is -3.99. The molecule has 0 spiro atoms.